The minimum Gasteiger partial charge on any atom is -0.370 e. The van der Waals surface area contributed by atoms with Gasteiger partial charge in [0.25, 0.3) is 0 Å². The van der Waals surface area contributed by atoms with Crippen molar-refractivity contribution in [3.8, 4) is 0 Å². The molecule has 5 heteroatoms. The van der Waals surface area contributed by atoms with Crippen LogP contribution in [-0.2, 0) is 6.18 Å². The van der Waals surface area contributed by atoms with E-state index in [-0.39, 0.29) is 5.54 Å². The summed E-state index contributed by atoms with van der Waals surface area (Å²) in [5, 5.41) is 3.49. The first-order valence-corrected chi connectivity index (χ1v) is 7.01. The van der Waals surface area contributed by atoms with Crippen molar-refractivity contribution in [3.63, 3.8) is 0 Å². The number of hydrogen-bond donors (Lipinski definition) is 1. The van der Waals surface area contributed by atoms with Crippen molar-refractivity contribution in [3.05, 3.63) is 29.8 Å². The van der Waals surface area contributed by atoms with Gasteiger partial charge in [-0.2, -0.15) is 13.2 Å². The molecule has 0 amide bonds. The normalized spacial score (nSPS) is 24.6. The van der Waals surface area contributed by atoms with E-state index in [0.29, 0.717) is 5.69 Å². The molecule has 20 heavy (non-hydrogen) atoms. The number of rotatable bonds is 2. The number of benzene rings is 1. The van der Waals surface area contributed by atoms with E-state index in [1.807, 2.05) is 0 Å². The van der Waals surface area contributed by atoms with E-state index < -0.39 is 11.7 Å². The van der Waals surface area contributed by atoms with Gasteiger partial charge in [0.05, 0.1) is 5.56 Å². The van der Waals surface area contributed by atoms with Gasteiger partial charge in [-0.15, -0.1) is 0 Å². The molecule has 1 aliphatic rings. The number of nitrogens with one attached hydrogen (secondary N) is 1. The molecule has 1 N–H and O–H groups in total. The Hall–Kier alpha value is -1.23. The smallest absolute Gasteiger partial charge is 0.370 e. The van der Waals surface area contributed by atoms with Crippen molar-refractivity contribution in [2.45, 2.75) is 38.4 Å². The van der Waals surface area contributed by atoms with Gasteiger partial charge in [-0.05, 0) is 44.5 Å². The molecule has 0 spiro atoms. The summed E-state index contributed by atoms with van der Waals surface area (Å²) in [4.78, 5) is 2.05. The number of alkyl halides is 3. The topological polar surface area (TPSA) is 15.3 Å². The van der Waals surface area contributed by atoms with Gasteiger partial charge in [0.1, 0.15) is 0 Å². The molecule has 2 rings (SSSR count). The lowest BCUT2D eigenvalue weighted by Crippen LogP contribution is -2.48. The SMILES string of the molecule is CCC1(C)CN(c2cccc(C(F)(F)F)c2)CCCN1. The fraction of sp³-hybridized carbons (Fsp3) is 0.600. The highest BCUT2D eigenvalue weighted by Gasteiger charge is 2.32. The molecule has 1 atom stereocenters. The van der Waals surface area contributed by atoms with Crippen molar-refractivity contribution in [2.24, 2.45) is 0 Å². The lowest BCUT2D eigenvalue weighted by Gasteiger charge is -2.34. The predicted molar refractivity (Wildman–Crippen MR) is 75.0 cm³/mol. The Morgan fingerprint density at radius 2 is 2.10 bits per heavy atom. The third-order valence-corrected chi connectivity index (χ3v) is 4.02. The number of hydrogen-bond acceptors (Lipinski definition) is 2. The Morgan fingerprint density at radius 3 is 2.75 bits per heavy atom. The molecule has 1 saturated heterocycles. The largest absolute Gasteiger partial charge is 0.416 e. The first kappa shape index (κ1) is 15.2. The van der Waals surface area contributed by atoms with Crippen LogP contribution in [0.4, 0.5) is 18.9 Å². The molecule has 2 nitrogen and oxygen atoms in total. The Morgan fingerprint density at radius 1 is 1.35 bits per heavy atom. The van der Waals surface area contributed by atoms with E-state index in [1.54, 1.807) is 6.07 Å². The van der Waals surface area contributed by atoms with Crippen molar-refractivity contribution in [1.29, 1.82) is 0 Å². The van der Waals surface area contributed by atoms with Crippen LogP contribution in [0.3, 0.4) is 0 Å². The average Bonchev–Trinajstić information content (AvgIpc) is 2.61. The van der Waals surface area contributed by atoms with Crippen LogP contribution in [0.1, 0.15) is 32.3 Å². The van der Waals surface area contributed by atoms with Gasteiger partial charge in [-0.1, -0.05) is 13.0 Å². The second-order valence-electron chi connectivity index (χ2n) is 5.66. The van der Waals surface area contributed by atoms with Crippen LogP contribution >= 0.6 is 0 Å². The Balaban J connectivity index is 2.26. The molecule has 1 aromatic rings. The summed E-state index contributed by atoms with van der Waals surface area (Å²) >= 11 is 0. The maximum absolute atomic E-state index is 12.8. The number of nitrogens with zero attached hydrogens (tertiary/aromatic N) is 1. The summed E-state index contributed by atoms with van der Waals surface area (Å²) in [6.45, 7) is 6.63. The van der Waals surface area contributed by atoms with Crippen LogP contribution < -0.4 is 10.2 Å². The Bertz CT molecular complexity index is 459. The van der Waals surface area contributed by atoms with Gasteiger partial charge in [-0.3, -0.25) is 0 Å². The fourth-order valence-corrected chi connectivity index (χ4v) is 2.55. The molecule has 1 unspecified atom stereocenters. The minimum absolute atomic E-state index is 0.0509. The molecule has 1 heterocycles. The molecular formula is C15H21F3N2. The second kappa shape index (κ2) is 5.64. The third-order valence-electron chi connectivity index (χ3n) is 4.02. The predicted octanol–water partition coefficient (Wildman–Crippen LogP) is 3.67. The molecule has 1 aromatic carbocycles. The summed E-state index contributed by atoms with van der Waals surface area (Å²) in [6.07, 6.45) is -2.40. The summed E-state index contributed by atoms with van der Waals surface area (Å²) in [7, 11) is 0. The first-order chi connectivity index (χ1) is 9.34. The maximum Gasteiger partial charge on any atom is 0.416 e. The average molecular weight is 286 g/mol. The number of anilines is 1. The third kappa shape index (κ3) is 3.45. The maximum atomic E-state index is 12.8. The summed E-state index contributed by atoms with van der Waals surface area (Å²) < 4.78 is 38.4. The highest BCUT2D eigenvalue weighted by molar-refractivity contribution is 5.50. The fourth-order valence-electron chi connectivity index (χ4n) is 2.55. The lowest BCUT2D eigenvalue weighted by molar-refractivity contribution is -0.137. The van der Waals surface area contributed by atoms with Gasteiger partial charge in [0, 0.05) is 24.3 Å². The van der Waals surface area contributed by atoms with Gasteiger partial charge in [0.2, 0.25) is 0 Å². The lowest BCUT2D eigenvalue weighted by atomic mass is 9.98. The molecule has 0 radical (unpaired) electrons. The van der Waals surface area contributed by atoms with Crippen molar-refractivity contribution in [1.82, 2.24) is 5.32 Å². The van der Waals surface area contributed by atoms with Gasteiger partial charge < -0.3 is 10.2 Å². The zero-order valence-electron chi connectivity index (χ0n) is 11.9. The quantitative estimate of drug-likeness (QED) is 0.892. The van der Waals surface area contributed by atoms with Crippen molar-refractivity contribution >= 4 is 5.69 Å². The molecular weight excluding hydrogens is 265 g/mol. The van der Waals surface area contributed by atoms with Gasteiger partial charge >= 0.3 is 6.18 Å². The second-order valence-corrected chi connectivity index (χ2v) is 5.66. The molecule has 1 fully saturated rings. The van der Waals surface area contributed by atoms with Crippen LogP contribution in [-0.4, -0.2) is 25.2 Å². The van der Waals surface area contributed by atoms with Crippen LogP contribution in [0.5, 0.6) is 0 Å². The van der Waals surface area contributed by atoms with Gasteiger partial charge in [0.15, 0.2) is 0 Å². The zero-order valence-corrected chi connectivity index (χ0v) is 11.9. The Kier molecular flexibility index (Phi) is 4.28. The van der Waals surface area contributed by atoms with Crippen LogP contribution in [0, 0.1) is 0 Å². The van der Waals surface area contributed by atoms with E-state index >= 15 is 0 Å². The minimum atomic E-state index is -4.28. The number of halogens is 3. The van der Waals surface area contributed by atoms with Crippen LogP contribution in [0.2, 0.25) is 0 Å². The van der Waals surface area contributed by atoms with E-state index in [2.05, 4.69) is 24.1 Å². The molecule has 0 saturated carbocycles. The van der Waals surface area contributed by atoms with E-state index in [9.17, 15) is 13.2 Å². The molecule has 0 aromatic heterocycles. The van der Waals surface area contributed by atoms with E-state index in [1.165, 1.54) is 12.1 Å². The monoisotopic (exact) mass is 286 g/mol. The summed E-state index contributed by atoms with van der Waals surface area (Å²) in [5.41, 5.74) is 0.0266. The summed E-state index contributed by atoms with van der Waals surface area (Å²) in [6, 6.07) is 5.62. The van der Waals surface area contributed by atoms with Crippen LogP contribution in [0.15, 0.2) is 24.3 Å². The highest BCUT2D eigenvalue weighted by Crippen LogP contribution is 2.32. The molecule has 112 valence electrons. The molecule has 1 aliphatic heterocycles. The van der Waals surface area contributed by atoms with Gasteiger partial charge in [-0.25, -0.2) is 0 Å². The standard InChI is InChI=1S/C15H21F3N2/c1-3-14(2)11-20(9-5-8-19-14)13-7-4-6-12(10-13)15(16,17)18/h4,6-7,10,19H,3,5,8-9,11H2,1-2H3. The zero-order chi connectivity index (χ0) is 14.8. The van der Waals surface area contributed by atoms with Crippen LogP contribution in [0.25, 0.3) is 0 Å². The van der Waals surface area contributed by atoms with Crippen molar-refractivity contribution < 1.29 is 13.2 Å². The molecule has 0 bridgehead atoms. The summed E-state index contributed by atoms with van der Waals surface area (Å²) in [5.74, 6) is 0. The van der Waals surface area contributed by atoms with E-state index in [4.69, 9.17) is 0 Å². The highest BCUT2D eigenvalue weighted by atomic mass is 19.4. The van der Waals surface area contributed by atoms with Crippen molar-refractivity contribution in [2.75, 3.05) is 24.5 Å². The first-order valence-electron chi connectivity index (χ1n) is 7.01. The van der Waals surface area contributed by atoms with E-state index in [0.717, 1.165) is 38.5 Å². The Labute approximate surface area is 118 Å². The molecule has 0 aliphatic carbocycles.